The van der Waals surface area contributed by atoms with Gasteiger partial charge in [0.25, 0.3) is 0 Å². The van der Waals surface area contributed by atoms with E-state index in [1.54, 1.807) is 7.11 Å². The molecular formula is C18H20ClNO2. The number of methoxy groups -OCH3 is 1. The van der Waals surface area contributed by atoms with E-state index in [9.17, 15) is 4.79 Å². The lowest BCUT2D eigenvalue weighted by Gasteiger charge is -2.06. The van der Waals surface area contributed by atoms with Crippen LogP contribution in [0.4, 0.5) is 0 Å². The number of carbonyl (C=O) groups excluding carboxylic acids is 1. The number of nitrogens with one attached hydrogen (secondary N) is 1. The fourth-order valence-corrected chi connectivity index (χ4v) is 2.39. The molecule has 2 aromatic rings. The van der Waals surface area contributed by atoms with Crippen molar-refractivity contribution in [1.29, 1.82) is 0 Å². The first-order valence-electron chi connectivity index (χ1n) is 7.31. The van der Waals surface area contributed by atoms with Gasteiger partial charge in [-0.25, -0.2) is 0 Å². The lowest BCUT2D eigenvalue weighted by Crippen LogP contribution is -2.25. The summed E-state index contributed by atoms with van der Waals surface area (Å²) in [5.74, 6) is 0.896. The molecule has 0 saturated carbocycles. The molecule has 3 nitrogen and oxygen atoms in total. The van der Waals surface area contributed by atoms with Crippen LogP contribution in [-0.4, -0.2) is 19.6 Å². The van der Waals surface area contributed by atoms with Crippen LogP contribution in [0.1, 0.15) is 17.5 Å². The molecular weight excluding hydrogens is 298 g/mol. The summed E-state index contributed by atoms with van der Waals surface area (Å²) < 4.78 is 5.11. The second-order valence-electron chi connectivity index (χ2n) is 5.08. The lowest BCUT2D eigenvalue weighted by atomic mass is 10.1. The molecule has 1 amide bonds. The van der Waals surface area contributed by atoms with Gasteiger partial charge in [0, 0.05) is 18.0 Å². The van der Waals surface area contributed by atoms with Crippen LogP contribution < -0.4 is 10.1 Å². The Hall–Kier alpha value is -2.00. The van der Waals surface area contributed by atoms with Gasteiger partial charge in [0.15, 0.2) is 0 Å². The zero-order chi connectivity index (χ0) is 15.8. The van der Waals surface area contributed by atoms with Crippen molar-refractivity contribution in [3.8, 4) is 5.75 Å². The second-order valence-corrected chi connectivity index (χ2v) is 5.51. The van der Waals surface area contributed by atoms with Gasteiger partial charge in [-0.05, 0) is 48.2 Å². The van der Waals surface area contributed by atoms with E-state index >= 15 is 0 Å². The van der Waals surface area contributed by atoms with Gasteiger partial charge in [-0.2, -0.15) is 0 Å². The fraction of sp³-hybridized carbons (Fsp3) is 0.278. The van der Waals surface area contributed by atoms with E-state index in [-0.39, 0.29) is 5.91 Å². The molecule has 0 saturated heterocycles. The predicted molar refractivity (Wildman–Crippen MR) is 89.5 cm³/mol. The standard InChI is InChI=1S/C18H20ClNO2/c1-22-17-8-5-14(6-9-17)7-10-18(21)20-12-11-15-3-2-4-16(19)13-15/h2-6,8-9,13H,7,10-12H2,1H3,(H,20,21). The van der Waals surface area contributed by atoms with Crippen molar-refractivity contribution >= 4 is 17.5 Å². The minimum absolute atomic E-state index is 0.0675. The summed E-state index contributed by atoms with van der Waals surface area (Å²) in [6.45, 7) is 0.627. The minimum Gasteiger partial charge on any atom is -0.497 e. The summed E-state index contributed by atoms with van der Waals surface area (Å²) in [6, 6.07) is 15.5. The van der Waals surface area contributed by atoms with Crippen LogP contribution in [0.25, 0.3) is 0 Å². The molecule has 0 aromatic heterocycles. The van der Waals surface area contributed by atoms with Gasteiger partial charge in [-0.1, -0.05) is 35.9 Å². The van der Waals surface area contributed by atoms with E-state index in [4.69, 9.17) is 16.3 Å². The topological polar surface area (TPSA) is 38.3 Å². The summed E-state index contributed by atoms with van der Waals surface area (Å²) >= 11 is 5.93. The lowest BCUT2D eigenvalue weighted by molar-refractivity contribution is -0.121. The minimum atomic E-state index is 0.0675. The first-order valence-corrected chi connectivity index (χ1v) is 7.69. The van der Waals surface area contributed by atoms with E-state index < -0.39 is 0 Å². The zero-order valence-corrected chi connectivity index (χ0v) is 13.4. The van der Waals surface area contributed by atoms with Gasteiger partial charge in [-0.3, -0.25) is 4.79 Å². The van der Waals surface area contributed by atoms with Crippen molar-refractivity contribution in [3.05, 3.63) is 64.7 Å². The average molecular weight is 318 g/mol. The highest BCUT2D eigenvalue weighted by molar-refractivity contribution is 6.30. The molecule has 0 fully saturated rings. The molecule has 0 spiro atoms. The molecule has 0 aliphatic carbocycles. The van der Waals surface area contributed by atoms with Crippen molar-refractivity contribution in [2.75, 3.05) is 13.7 Å². The van der Waals surface area contributed by atoms with Crippen LogP contribution in [0.15, 0.2) is 48.5 Å². The highest BCUT2D eigenvalue weighted by Crippen LogP contribution is 2.13. The fourth-order valence-electron chi connectivity index (χ4n) is 2.18. The SMILES string of the molecule is COc1ccc(CCC(=O)NCCc2cccc(Cl)c2)cc1. The monoisotopic (exact) mass is 317 g/mol. The largest absolute Gasteiger partial charge is 0.497 e. The normalized spacial score (nSPS) is 10.3. The number of aryl methyl sites for hydroxylation is 1. The van der Waals surface area contributed by atoms with Crippen molar-refractivity contribution < 1.29 is 9.53 Å². The van der Waals surface area contributed by atoms with Crippen LogP contribution in [-0.2, 0) is 17.6 Å². The third-order valence-corrected chi connectivity index (χ3v) is 3.66. The molecule has 1 N–H and O–H groups in total. The van der Waals surface area contributed by atoms with Gasteiger partial charge in [0.1, 0.15) is 5.75 Å². The molecule has 0 unspecified atom stereocenters. The van der Waals surface area contributed by atoms with Crippen molar-refractivity contribution in [2.45, 2.75) is 19.3 Å². The van der Waals surface area contributed by atoms with E-state index in [0.717, 1.165) is 34.7 Å². The van der Waals surface area contributed by atoms with Gasteiger partial charge in [-0.15, -0.1) is 0 Å². The van der Waals surface area contributed by atoms with Crippen LogP contribution >= 0.6 is 11.6 Å². The molecule has 0 aliphatic heterocycles. The maximum absolute atomic E-state index is 11.8. The van der Waals surface area contributed by atoms with Gasteiger partial charge in [0.2, 0.25) is 5.91 Å². The van der Waals surface area contributed by atoms with Gasteiger partial charge in [0.05, 0.1) is 7.11 Å². The molecule has 0 radical (unpaired) electrons. The quantitative estimate of drug-likeness (QED) is 0.846. The molecule has 22 heavy (non-hydrogen) atoms. The second kappa shape index (κ2) is 8.44. The summed E-state index contributed by atoms with van der Waals surface area (Å²) in [6.07, 6.45) is 2.00. The average Bonchev–Trinajstić information content (AvgIpc) is 2.53. The number of halogens is 1. The summed E-state index contributed by atoms with van der Waals surface area (Å²) in [5, 5.41) is 3.66. The third-order valence-electron chi connectivity index (χ3n) is 3.42. The van der Waals surface area contributed by atoms with Crippen LogP contribution in [0.5, 0.6) is 5.75 Å². The van der Waals surface area contributed by atoms with Crippen molar-refractivity contribution in [1.82, 2.24) is 5.32 Å². The number of ether oxygens (including phenoxy) is 1. The molecule has 0 aliphatic rings. The number of hydrogen-bond donors (Lipinski definition) is 1. The Bertz CT molecular complexity index is 611. The van der Waals surface area contributed by atoms with Gasteiger partial charge >= 0.3 is 0 Å². The number of hydrogen-bond acceptors (Lipinski definition) is 2. The number of benzene rings is 2. The number of rotatable bonds is 7. The highest BCUT2D eigenvalue weighted by atomic mass is 35.5. The molecule has 116 valence electrons. The van der Waals surface area contributed by atoms with E-state index in [2.05, 4.69) is 5.32 Å². The van der Waals surface area contributed by atoms with Gasteiger partial charge < -0.3 is 10.1 Å². The van der Waals surface area contributed by atoms with Crippen LogP contribution in [0.3, 0.4) is 0 Å². The highest BCUT2D eigenvalue weighted by Gasteiger charge is 2.03. The number of amides is 1. The summed E-state index contributed by atoms with van der Waals surface area (Å²) in [4.78, 5) is 11.8. The molecule has 4 heteroatoms. The Balaban J connectivity index is 1.69. The summed E-state index contributed by atoms with van der Waals surface area (Å²) in [5.41, 5.74) is 2.26. The van der Waals surface area contributed by atoms with Crippen molar-refractivity contribution in [2.24, 2.45) is 0 Å². The van der Waals surface area contributed by atoms with E-state index in [0.29, 0.717) is 13.0 Å². The molecule has 0 heterocycles. The van der Waals surface area contributed by atoms with E-state index in [1.807, 2.05) is 48.5 Å². The Labute approximate surface area is 136 Å². The molecule has 0 atom stereocenters. The predicted octanol–water partition coefficient (Wildman–Crippen LogP) is 3.64. The maximum Gasteiger partial charge on any atom is 0.220 e. The number of carbonyl (C=O) groups is 1. The van der Waals surface area contributed by atoms with E-state index in [1.165, 1.54) is 0 Å². The molecule has 0 bridgehead atoms. The van der Waals surface area contributed by atoms with Crippen molar-refractivity contribution in [3.63, 3.8) is 0 Å². The Morgan fingerprint density at radius 1 is 1.09 bits per heavy atom. The Kier molecular flexibility index (Phi) is 6.28. The molecule has 2 aromatic carbocycles. The first-order chi connectivity index (χ1) is 10.7. The van der Waals surface area contributed by atoms with Crippen LogP contribution in [0, 0.1) is 0 Å². The zero-order valence-electron chi connectivity index (χ0n) is 12.6. The smallest absolute Gasteiger partial charge is 0.220 e. The first kappa shape index (κ1) is 16.4. The summed E-state index contributed by atoms with van der Waals surface area (Å²) in [7, 11) is 1.64. The third kappa shape index (κ3) is 5.41. The Morgan fingerprint density at radius 2 is 1.86 bits per heavy atom. The van der Waals surface area contributed by atoms with Crippen LogP contribution in [0.2, 0.25) is 5.02 Å². The molecule has 2 rings (SSSR count). The Morgan fingerprint density at radius 3 is 2.55 bits per heavy atom. The maximum atomic E-state index is 11.8.